The van der Waals surface area contributed by atoms with Gasteiger partial charge in [0.25, 0.3) is 0 Å². The van der Waals surface area contributed by atoms with Crippen molar-refractivity contribution in [1.29, 1.82) is 0 Å². The summed E-state index contributed by atoms with van der Waals surface area (Å²) >= 11 is 0. The van der Waals surface area contributed by atoms with Crippen LogP contribution in [-0.4, -0.2) is 32.0 Å². The van der Waals surface area contributed by atoms with Crippen LogP contribution in [0.25, 0.3) is 0 Å². The van der Waals surface area contributed by atoms with E-state index >= 15 is 0 Å². The topological polar surface area (TPSA) is 28.1 Å². The van der Waals surface area contributed by atoms with Gasteiger partial charge in [0.05, 0.1) is 31.2 Å². The number of ether oxygens (including phenoxy) is 1. The van der Waals surface area contributed by atoms with Crippen LogP contribution in [-0.2, 0) is 11.3 Å². The van der Waals surface area contributed by atoms with Crippen LogP contribution in [0, 0.1) is 0 Å². The van der Waals surface area contributed by atoms with Crippen LogP contribution >= 0.6 is 0 Å². The maximum absolute atomic E-state index is 5.45. The Balaban J connectivity index is 1.56. The van der Waals surface area contributed by atoms with Gasteiger partial charge in [0.2, 0.25) is 0 Å². The van der Waals surface area contributed by atoms with E-state index in [0.717, 1.165) is 49.8 Å². The Hall–Kier alpha value is -3.11. The Morgan fingerprint density at radius 3 is 2.14 bits per heavy atom. The molecule has 1 heterocycles. The first-order chi connectivity index (χ1) is 14.3. The monoisotopic (exact) mass is 385 g/mol. The molecule has 3 aromatic carbocycles. The lowest BCUT2D eigenvalue weighted by Gasteiger charge is -2.29. The van der Waals surface area contributed by atoms with E-state index in [4.69, 9.17) is 9.84 Å². The van der Waals surface area contributed by atoms with E-state index in [1.807, 2.05) is 12.1 Å². The molecule has 0 N–H and O–H groups in total. The van der Waals surface area contributed by atoms with Crippen molar-refractivity contribution in [3.8, 4) is 0 Å². The summed E-state index contributed by atoms with van der Waals surface area (Å²) in [5, 5.41) is 7.04. The van der Waals surface area contributed by atoms with Crippen LogP contribution in [0.1, 0.15) is 18.1 Å². The molecule has 1 aliphatic heterocycles. The van der Waals surface area contributed by atoms with Crippen molar-refractivity contribution in [2.24, 2.45) is 5.10 Å². The molecule has 0 spiro atoms. The smallest absolute Gasteiger partial charge is 0.0666 e. The summed E-state index contributed by atoms with van der Waals surface area (Å²) in [6.45, 7) is 6.30. The zero-order valence-electron chi connectivity index (χ0n) is 16.9. The summed E-state index contributed by atoms with van der Waals surface area (Å²) in [6, 6.07) is 29.5. The van der Waals surface area contributed by atoms with Gasteiger partial charge in [-0.3, -0.25) is 5.01 Å². The molecule has 0 atom stereocenters. The van der Waals surface area contributed by atoms with Gasteiger partial charge in [-0.25, -0.2) is 0 Å². The summed E-state index contributed by atoms with van der Waals surface area (Å²) in [4.78, 5) is 2.37. The minimum Gasteiger partial charge on any atom is -0.378 e. The summed E-state index contributed by atoms with van der Waals surface area (Å²) < 4.78 is 5.45. The zero-order chi connectivity index (χ0) is 19.9. The molecule has 1 aliphatic rings. The third kappa shape index (κ3) is 5.04. The number of hydrazone groups is 1. The van der Waals surface area contributed by atoms with Gasteiger partial charge in [0, 0.05) is 18.8 Å². The Morgan fingerprint density at radius 1 is 0.862 bits per heavy atom. The molecule has 0 saturated carbocycles. The SMILES string of the molecule is CC(=NN(Cc1ccccc1)c1ccccc1)c1ccc(N2CCOCC2)cc1. The van der Waals surface area contributed by atoms with Crippen molar-refractivity contribution in [3.05, 3.63) is 96.1 Å². The van der Waals surface area contributed by atoms with Gasteiger partial charge in [-0.05, 0) is 42.3 Å². The second kappa shape index (κ2) is 9.39. The summed E-state index contributed by atoms with van der Waals surface area (Å²) in [5.74, 6) is 0. The largest absolute Gasteiger partial charge is 0.378 e. The van der Waals surface area contributed by atoms with E-state index < -0.39 is 0 Å². The van der Waals surface area contributed by atoms with E-state index in [0.29, 0.717) is 0 Å². The van der Waals surface area contributed by atoms with E-state index in [9.17, 15) is 0 Å². The predicted molar refractivity (Wildman–Crippen MR) is 121 cm³/mol. The number of nitrogens with zero attached hydrogens (tertiary/aromatic N) is 3. The van der Waals surface area contributed by atoms with Crippen molar-refractivity contribution in [1.82, 2.24) is 0 Å². The number of hydrogen-bond donors (Lipinski definition) is 0. The highest BCUT2D eigenvalue weighted by Gasteiger charge is 2.12. The molecule has 0 aliphatic carbocycles. The summed E-state index contributed by atoms with van der Waals surface area (Å²) in [7, 11) is 0. The van der Waals surface area contributed by atoms with E-state index in [-0.39, 0.29) is 0 Å². The standard InChI is InChI=1S/C25H27N3O/c1-21(23-12-14-24(15-13-23)27-16-18-29-19-17-27)26-28(25-10-6-3-7-11-25)20-22-8-4-2-5-9-22/h2-15H,16-20H2,1H3. The van der Waals surface area contributed by atoms with Crippen molar-refractivity contribution < 1.29 is 4.74 Å². The van der Waals surface area contributed by atoms with Gasteiger partial charge in [0.15, 0.2) is 0 Å². The third-order valence-corrected chi connectivity index (χ3v) is 5.16. The average molecular weight is 386 g/mol. The first-order valence-corrected chi connectivity index (χ1v) is 10.1. The van der Waals surface area contributed by atoms with Gasteiger partial charge in [0.1, 0.15) is 0 Å². The number of para-hydroxylation sites is 1. The lowest BCUT2D eigenvalue weighted by atomic mass is 10.1. The molecule has 0 amide bonds. The quantitative estimate of drug-likeness (QED) is 0.444. The molecule has 148 valence electrons. The summed E-state index contributed by atoms with van der Waals surface area (Å²) in [5.41, 5.74) is 5.69. The molecule has 0 bridgehead atoms. The highest BCUT2D eigenvalue weighted by molar-refractivity contribution is 5.99. The highest BCUT2D eigenvalue weighted by Crippen LogP contribution is 2.20. The maximum Gasteiger partial charge on any atom is 0.0666 e. The molecule has 29 heavy (non-hydrogen) atoms. The first kappa shape index (κ1) is 19.2. The van der Waals surface area contributed by atoms with Crippen LogP contribution in [0.5, 0.6) is 0 Å². The first-order valence-electron chi connectivity index (χ1n) is 10.1. The Labute approximate surface area is 173 Å². The van der Waals surface area contributed by atoms with Gasteiger partial charge in [-0.2, -0.15) is 5.10 Å². The molecule has 1 fully saturated rings. The maximum atomic E-state index is 5.45. The predicted octanol–water partition coefficient (Wildman–Crippen LogP) is 4.95. The van der Waals surface area contributed by atoms with Gasteiger partial charge in [-0.15, -0.1) is 0 Å². The fourth-order valence-electron chi connectivity index (χ4n) is 3.51. The molecular formula is C25H27N3O. The molecule has 3 aromatic rings. The second-order valence-electron chi connectivity index (χ2n) is 7.21. The van der Waals surface area contributed by atoms with E-state index in [2.05, 4.69) is 89.6 Å². The summed E-state index contributed by atoms with van der Waals surface area (Å²) in [6.07, 6.45) is 0. The minimum absolute atomic E-state index is 0.730. The van der Waals surface area contributed by atoms with Crippen LogP contribution in [0.2, 0.25) is 0 Å². The van der Waals surface area contributed by atoms with Crippen molar-refractivity contribution in [2.75, 3.05) is 36.2 Å². The van der Waals surface area contributed by atoms with Crippen LogP contribution in [0.3, 0.4) is 0 Å². The molecule has 0 unspecified atom stereocenters. The van der Waals surface area contributed by atoms with E-state index in [1.54, 1.807) is 0 Å². The fourth-order valence-corrected chi connectivity index (χ4v) is 3.51. The number of morpholine rings is 1. The minimum atomic E-state index is 0.730. The normalized spacial score (nSPS) is 14.7. The van der Waals surface area contributed by atoms with Gasteiger partial charge in [-0.1, -0.05) is 60.7 Å². The van der Waals surface area contributed by atoms with Crippen molar-refractivity contribution in [3.63, 3.8) is 0 Å². The number of hydrogen-bond acceptors (Lipinski definition) is 4. The lowest BCUT2D eigenvalue weighted by molar-refractivity contribution is 0.122. The van der Waals surface area contributed by atoms with Gasteiger partial charge < -0.3 is 9.64 Å². The van der Waals surface area contributed by atoms with Crippen LogP contribution in [0.15, 0.2) is 90.0 Å². The Morgan fingerprint density at radius 2 is 1.48 bits per heavy atom. The fraction of sp³-hybridized carbons (Fsp3) is 0.240. The average Bonchev–Trinajstić information content (AvgIpc) is 2.80. The highest BCUT2D eigenvalue weighted by atomic mass is 16.5. The Kier molecular flexibility index (Phi) is 6.22. The number of anilines is 2. The molecule has 4 nitrogen and oxygen atoms in total. The lowest BCUT2D eigenvalue weighted by Crippen LogP contribution is -2.36. The molecular weight excluding hydrogens is 358 g/mol. The third-order valence-electron chi connectivity index (χ3n) is 5.16. The molecule has 1 saturated heterocycles. The molecule has 4 rings (SSSR count). The Bertz CT molecular complexity index is 917. The molecule has 0 aromatic heterocycles. The van der Waals surface area contributed by atoms with Crippen LogP contribution in [0.4, 0.5) is 11.4 Å². The van der Waals surface area contributed by atoms with Crippen molar-refractivity contribution in [2.45, 2.75) is 13.5 Å². The zero-order valence-corrected chi connectivity index (χ0v) is 16.9. The number of rotatable bonds is 6. The number of benzene rings is 3. The molecule has 0 radical (unpaired) electrons. The van der Waals surface area contributed by atoms with E-state index in [1.165, 1.54) is 11.3 Å². The van der Waals surface area contributed by atoms with Crippen LogP contribution < -0.4 is 9.91 Å². The van der Waals surface area contributed by atoms with Gasteiger partial charge >= 0.3 is 0 Å². The van der Waals surface area contributed by atoms with Crippen molar-refractivity contribution >= 4 is 17.1 Å². The molecule has 4 heteroatoms. The second-order valence-corrected chi connectivity index (χ2v) is 7.21.